The van der Waals surface area contributed by atoms with E-state index in [-0.39, 0.29) is 61.1 Å². The zero-order valence-electron chi connectivity index (χ0n) is 40.2. The fourth-order valence-electron chi connectivity index (χ4n) is 10.7. The zero-order valence-corrected chi connectivity index (χ0v) is 40.2. The van der Waals surface area contributed by atoms with Crippen molar-refractivity contribution in [1.29, 1.82) is 0 Å². The molecule has 4 aliphatic heterocycles. The molecule has 0 spiro atoms. The lowest BCUT2D eigenvalue weighted by molar-refractivity contribution is -0.131. The zero-order chi connectivity index (χ0) is 49.1. The van der Waals surface area contributed by atoms with Gasteiger partial charge < -0.3 is 30.3 Å². The van der Waals surface area contributed by atoms with E-state index >= 15 is 4.39 Å². The summed E-state index contributed by atoms with van der Waals surface area (Å²) >= 11 is 0. The molecule has 11 rings (SSSR count). The summed E-state index contributed by atoms with van der Waals surface area (Å²) in [7, 11) is 1.66. The smallest absolute Gasteiger partial charge is 0.329 e. The van der Waals surface area contributed by atoms with E-state index in [1.54, 1.807) is 24.1 Å². The van der Waals surface area contributed by atoms with Crippen molar-refractivity contribution in [2.75, 3.05) is 87.5 Å². The summed E-state index contributed by atoms with van der Waals surface area (Å²) in [4.78, 5) is 78.6. The quantitative estimate of drug-likeness (QED) is 0.163. The van der Waals surface area contributed by atoms with Gasteiger partial charge in [0.1, 0.15) is 29.0 Å². The first-order chi connectivity index (χ1) is 34.4. The van der Waals surface area contributed by atoms with Crippen LogP contribution in [0.2, 0.25) is 0 Å². The number of hydrogen-bond acceptors (Lipinski definition) is 15. The van der Waals surface area contributed by atoms with Crippen LogP contribution in [0.3, 0.4) is 0 Å². The van der Waals surface area contributed by atoms with Crippen LogP contribution >= 0.6 is 0 Å². The van der Waals surface area contributed by atoms with Crippen molar-refractivity contribution in [3.8, 4) is 22.8 Å². The Kier molecular flexibility index (Phi) is 12.2. The molecule has 6 amide bonds. The number of rotatable bonds is 11. The molecule has 9 heterocycles. The predicted octanol–water partition coefficient (Wildman–Crippen LogP) is 4.40. The lowest BCUT2D eigenvalue weighted by Crippen LogP contribution is -2.51. The Morgan fingerprint density at radius 1 is 0.873 bits per heavy atom. The standard InChI is InChI=1S/C48H58FN17O5/c1-27(2)66-46-37(43(50)54-26-55-46)39(57-66)40-36(42(71-59-40)30-4-5-30)44-51-22-31(23-52-44)29-10-15-64(16-11-29)47(69)53-24-35(68)63-13-8-28(9-14-63)25-61-18-20-62(21-19-61)33-7-6-32-41(38(33)49)60(3)58-45(32)65-17-12-34(67)56-48(65)70/h6-7,22-23,26-30H,4-5,8-21,24-25H2,1-3H3,(H,53,69)(H2,50,54,55)(H,56,67,70). The number of hydrogen-bond donors (Lipinski definition) is 3. The molecular weight excluding hydrogens is 914 g/mol. The molecule has 0 radical (unpaired) electrons. The highest BCUT2D eigenvalue weighted by Crippen LogP contribution is 2.48. The maximum absolute atomic E-state index is 16.1. The number of anilines is 3. The van der Waals surface area contributed by atoms with Gasteiger partial charge in [-0.15, -0.1) is 0 Å². The van der Waals surface area contributed by atoms with E-state index in [2.05, 4.69) is 40.7 Å². The third-order valence-electron chi connectivity index (χ3n) is 14.8. The van der Waals surface area contributed by atoms with Gasteiger partial charge in [0.2, 0.25) is 11.8 Å². The lowest BCUT2D eigenvalue weighted by Gasteiger charge is -2.39. The van der Waals surface area contributed by atoms with Crippen LogP contribution in [0.25, 0.3) is 44.7 Å². The normalized spacial score (nSPS) is 18.9. The van der Waals surface area contributed by atoms with Crippen LogP contribution in [-0.2, 0) is 16.6 Å². The number of likely N-dealkylation sites (tertiary alicyclic amines) is 2. The topological polar surface area (TPSA) is 248 Å². The Morgan fingerprint density at radius 2 is 1.61 bits per heavy atom. The maximum Gasteiger partial charge on any atom is 0.329 e. The number of carbonyl (C=O) groups excluding carboxylic acids is 4. The van der Waals surface area contributed by atoms with Gasteiger partial charge in [-0.05, 0) is 81.9 Å². The summed E-state index contributed by atoms with van der Waals surface area (Å²) in [6, 6.07) is 2.77. The van der Waals surface area contributed by atoms with Crippen LogP contribution in [0, 0.1) is 11.7 Å². The molecule has 1 aromatic carbocycles. The van der Waals surface area contributed by atoms with Crippen LogP contribution in [0.5, 0.6) is 0 Å². The Balaban J connectivity index is 0.629. The molecule has 0 bridgehead atoms. The number of piperazine rings is 1. The van der Waals surface area contributed by atoms with E-state index in [1.807, 2.05) is 35.8 Å². The number of fused-ring (bicyclic) bond motifs is 2. The number of nitrogens with zero attached hydrogens (tertiary/aromatic N) is 14. The van der Waals surface area contributed by atoms with E-state index in [4.69, 9.17) is 25.3 Å². The molecule has 5 fully saturated rings. The number of benzene rings is 1. The molecule has 4 N–H and O–H groups in total. The third kappa shape index (κ3) is 8.84. The van der Waals surface area contributed by atoms with Crippen molar-refractivity contribution in [2.45, 2.75) is 76.7 Å². The molecular formula is C48H58FN17O5. The Hall–Kier alpha value is -7.30. The van der Waals surface area contributed by atoms with E-state index in [0.717, 1.165) is 69.5 Å². The molecule has 22 nitrogen and oxygen atoms in total. The van der Waals surface area contributed by atoms with Gasteiger partial charge in [-0.1, -0.05) is 5.16 Å². The van der Waals surface area contributed by atoms with Gasteiger partial charge in [-0.3, -0.25) is 29.4 Å². The van der Waals surface area contributed by atoms with Crippen molar-refractivity contribution in [1.82, 2.24) is 70.0 Å². The molecule has 6 aromatic rings. The number of urea groups is 2. The minimum atomic E-state index is -0.559. The average Bonchev–Trinajstić information content (AvgIpc) is 3.85. The second kappa shape index (κ2) is 18.8. The van der Waals surface area contributed by atoms with Gasteiger partial charge in [0.25, 0.3) is 0 Å². The average molecular weight is 972 g/mol. The first kappa shape index (κ1) is 46.1. The third-order valence-corrected chi connectivity index (χ3v) is 14.8. The fourth-order valence-corrected chi connectivity index (χ4v) is 10.7. The molecule has 23 heteroatoms. The van der Waals surface area contributed by atoms with Gasteiger partial charge in [-0.2, -0.15) is 10.2 Å². The number of piperidine rings is 2. The van der Waals surface area contributed by atoms with E-state index in [9.17, 15) is 19.2 Å². The summed E-state index contributed by atoms with van der Waals surface area (Å²) in [5.41, 5.74) is 10.5. The SMILES string of the molecule is CC(C)n1nc(-c2noc(C3CC3)c2-c2ncc(C3CCN(C(=O)NCC(=O)N4CCC(CN5CCN(c6ccc7c(N8CCC(=O)NC8=O)nn(C)c7c6F)CC5)CC4)CC3)cn2)c2c(N)ncnc21. The van der Waals surface area contributed by atoms with E-state index in [0.29, 0.717) is 107 Å². The summed E-state index contributed by atoms with van der Waals surface area (Å²) < 4.78 is 25.3. The van der Waals surface area contributed by atoms with Gasteiger partial charge in [0.05, 0.1) is 23.2 Å². The Morgan fingerprint density at radius 3 is 2.31 bits per heavy atom. The van der Waals surface area contributed by atoms with Crippen molar-refractivity contribution in [2.24, 2.45) is 13.0 Å². The molecule has 4 saturated heterocycles. The van der Waals surface area contributed by atoms with Gasteiger partial charge in [0.15, 0.2) is 28.9 Å². The summed E-state index contributed by atoms with van der Waals surface area (Å²) in [6.07, 6.45) is 10.5. The summed E-state index contributed by atoms with van der Waals surface area (Å²) in [5, 5.41) is 20.1. The van der Waals surface area contributed by atoms with Crippen LogP contribution in [0.1, 0.15) is 88.0 Å². The number of aromatic nitrogens is 9. The molecule has 372 valence electrons. The molecule has 5 aromatic heterocycles. The van der Waals surface area contributed by atoms with Crippen molar-refractivity contribution in [3.63, 3.8) is 0 Å². The fraction of sp³-hybridized carbons (Fsp3) is 0.521. The highest BCUT2D eigenvalue weighted by molar-refractivity contribution is 6.09. The number of nitrogens with one attached hydrogen (secondary N) is 2. The molecule has 1 aliphatic carbocycles. The van der Waals surface area contributed by atoms with Gasteiger partial charge in [0, 0.05) is 109 Å². The Labute approximate surface area is 408 Å². The van der Waals surface area contributed by atoms with Crippen LogP contribution in [0.15, 0.2) is 35.4 Å². The first-order valence-corrected chi connectivity index (χ1v) is 24.8. The summed E-state index contributed by atoms with van der Waals surface area (Å²) in [6.45, 7) is 10.3. The molecule has 5 aliphatic rings. The van der Waals surface area contributed by atoms with Crippen molar-refractivity contribution >= 4 is 63.1 Å². The Bertz CT molecular complexity index is 3010. The lowest BCUT2D eigenvalue weighted by atomic mass is 9.91. The molecule has 1 saturated carbocycles. The number of aryl methyl sites for hydroxylation is 1. The van der Waals surface area contributed by atoms with Gasteiger partial charge >= 0.3 is 12.1 Å². The van der Waals surface area contributed by atoms with Crippen LogP contribution < -0.4 is 26.2 Å². The number of halogens is 1. The second-order valence-corrected chi connectivity index (χ2v) is 19.8. The van der Waals surface area contributed by atoms with E-state index < -0.39 is 6.03 Å². The first-order valence-electron chi connectivity index (χ1n) is 24.8. The minimum Gasteiger partial charge on any atom is -0.383 e. The number of nitrogens with two attached hydrogens (primary N) is 1. The van der Waals surface area contributed by atoms with E-state index in [1.165, 1.54) is 15.9 Å². The largest absolute Gasteiger partial charge is 0.383 e. The predicted molar refractivity (Wildman–Crippen MR) is 260 cm³/mol. The number of nitrogen functional groups attached to an aromatic ring is 1. The number of amides is 6. The number of imide groups is 1. The van der Waals surface area contributed by atoms with Gasteiger partial charge in [-0.25, -0.2) is 38.6 Å². The minimum absolute atomic E-state index is 0.0173. The highest BCUT2D eigenvalue weighted by atomic mass is 19.1. The van der Waals surface area contributed by atoms with Crippen LogP contribution in [-0.4, -0.2) is 155 Å². The van der Waals surface area contributed by atoms with Crippen LogP contribution in [0.4, 0.5) is 31.3 Å². The van der Waals surface area contributed by atoms with Crippen molar-refractivity contribution < 1.29 is 28.1 Å². The molecule has 71 heavy (non-hydrogen) atoms. The molecule has 0 atom stereocenters. The second-order valence-electron chi connectivity index (χ2n) is 19.8. The monoisotopic (exact) mass is 971 g/mol. The number of carbonyl (C=O) groups is 4. The summed E-state index contributed by atoms with van der Waals surface area (Å²) in [5.74, 6) is 1.90. The van der Waals surface area contributed by atoms with Crippen molar-refractivity contribution in [3.05, 3.63) is 48.0 Å². The molecule has 0 unspecified atom stereocenters. The maximum atomic E-state index is 16.1. The highest BCUT2D eigenvalue weighted by Gasteiger charge is 2.37.